The number of rotatable bonds is 7. The predicted molar refractivity (Wildman–Crippen MR) is 95.2 cm³/mol. The molecule has 9 nitrogen and oxygen atoms in total. The van der Waals surface area contributed by atoms with Gasteiger partial charge in [0.1, 0.15) is 23.3 Å². The van der Waals surface area contributed by atoms with Crippen LogP contribution in [0.1, 0.15) is 0 Å². The third-order valence-electron chi connectivity index (χ3n) is 3.77. The summed E-state index contributed by atoms with van der Waals surface area (Å²) < 4.78 is 37.6. The van der Waals surface area contributed by atoms with Crippen molar-refractivity contribution in [3.8, 4) is 17.2 Å². The van der Waals surface area contributed by atoms with Crippen LogP contribution in [0.15, 0.2) is 53.4 Å². The molecule has 3 rings (SSSR count). The van der Waals surface area contributed by atoms with Crippen LogP contribution in [0.5, 0.6) is 17.2 Å². The molecule has 3 N–H and O–H groups in total. The highest BCUT2D eigenvalue weighted by Gasteiger charge is 2.30. The van der Waals surface area contributed by atoms with Crippen molar-refractivity contribution in [3.05, 3.63) is 48.5 Å². The number of benzene rings is 2. The van der Waals surface area contributed by atoms with E-state index < -0.39 is 28.0 Å². The van der Waals surface area contributed by atoms with Gasteiger partial charge in [-0.05, 0) is 48.5 Å². The van der Waals surface area contributed by atoms with E-state index in [9.17, 15) is 18.0 Å². The Kier molecular flexibility index (Phi) is 5.28. The van der Waals surface area contributed by atoms with Gasteiger partial charge in [0, 0.05) is 6.54 Å². The van der Waals surface area contributed by atoms with Crippen LogP contribution in [0.25, 0.3) is 0 Å². The maximum Gasteiger partial charge on any atom is 0.322 e. The number of sulfonamides is 1. The molecule has 0 saturated carbocycles. The largest absolute Gasteiger partial charge is 0.497 e. The van der Waals surface area contributed by atoms with Crippen molar-refractivity contribution in [2.45, 2.75) is 10.9 Å². The van der Waals surface area contributed by atoms with Crippen LogP contribution < -0.4 is 24.8 Å². The summed E-state index contributed by atoms with van der Waals surface area (Å²) in [6.45, 7) is -0.246. The smallest absolute Gasteiger partial charge is 0.322 e. The van der Waals surface area contributed by atoms with Crippen molar-refractivity contribution >= 4 is 22.0 Å². The Morgan fingerprint density at radius 1 is 0.963 bits per heavy atom. The van der Waals surface area contributed by atoms with Crippen molar-refractivity contribution in [1.29, 1.82) is 0 Å². The van der Waals surface area contributed by atoms with Gasteiger partial charge in [-0.15, -0.1) is 0 Å². The molecule has 1 heterocycles. The van der Waals surface area contributed by atoms with E-state index in [1.165, 1.54) is 24.3 Å². The van der Waals surface area contributed by atoms with E-state index in [-0.39, 0.29) is 11.4 Å². The standard InChI is InChI=1S/C17H17N3O6S/c1-25-11-2-4-12(5-3-11)26-13-6-8-14(9-7-13)27(23,24)18-10-15-16(21)20-17(22)19-15/h2-9,15,18H,10H2,1H3,(H2,19,20,21,22). The first-order chi connectivity index (χ1) is 12.9. The molecule has 0 bridgehead atoms. The summed E-state index contributed by atoms with van der Waals surface area (Å²) in [5.41, 5.74) is 0. The molecule has 0 radical (unpaired) electrons. The molecule has 1 aliphatic rings. The normalized spacial score (nSPS) is 16.6. The Morgan fingerprint density at radius 2 is 1.52 bits per heavy atom. The monoisotopic (exact) mass is 391 g/mol. The topological polar surface area (TPSA) is 123 Å². The lowest BCUT2D eigenvalue weighted by Gasteiger charge is -2.11. The highest BCUT2D eigenvalue weighted by atomic mass is 32.2. The maximum atomic E-state index is 12.3. The maximum absolute atomic E-state index is 12.3. The number of imide groups is 1. The van der Waals surface area contributed by atoms with Gasteiger partial charge < -0.3 is 14.8 Å². The quantitative estimate of drug-likeness (QED) is 0.605. The van der Waals surface area contributed by atoms with Crippen molar-refractivity contribution in [3.63, 3.8) is 0 Å². The first-order valence-electron chi connectivity index (χ1n) is 7.90. The Bertz CT molecular complexity index is 942. The van der Waals surface area contributed by atoms with Gasteiger partial charge in [-0.2, -0.15) is 0 Å². The number of hydrogen-bond donors (Lipinski definition) is 3. The second kappa shape index (κ2) is 7.64. The molecular formula is C17H17N3O6S. The molecular weight excluding hydrogens is 374 g/mol. The Morgan fingerprint density at radius 3 is 2.04 bits per heavy atom. The summed E-state index contributed by atoms with van der Waals surface area (Å²) in [5.74, 6) is 1.15. The minimum absolute atomic E-state index is 0.00862. The number of carbonyl (C=O) groups is 2. The highest BCUT2D eigenvalue weighted by Crippen LogP contribution is 2.24. The molecule has 1 aliphatic heterocycles. The molecule has 0 aliphatic carbocycles. The number of ether oxygens (including phenoxy) is 2. The molecule has 2 aromatic rings. The minimum Gasteiger partial charge on any atom is -0.497 e. The van der Waals surface area contributed by atoms with Crippen LogP contribution in [0.3, 0.4) is 0 Å². The van der Waals surface area contributed by atoms with E-state index in [2.05, 4.69) is 10.0 Å². The Balaban J connectivity index is 1.62. The number of amides is 3. The average molecular weight is 391 g/mol. The molecule has 1 fully saturated rings. The van der Waals surface area contributed by atoms with Crippen molar-refractivity contribution in [2.24, 2.45) is 0 Å². The molecule has 3 amide bonds. The van der Waals surface area contributed by atoms with Gasteiger partial charge >= 0.3 is 6.03 Å². The second-order valence-electron chi connectivity index (χ2n) is 5.62. The van der Waals surface area contributed by atoms with Crippen LogP contribution in [0, 0.1) is 0 Å². The number of urea groups is 1. The summed E-state index contributed by atoms with van der Waals surface area (Å²) in [7, 11) is -2.28. The zero-order valence-electron chi connectivity index (χ0n) is 14.3. The molecule has 10 heteroatoms. The van der Waals surface area contributed by atoms with Gasteiger partial charge in [0.05, 0.1) is 12.0 Å². The second-order valence-corrected chi connectivity index (χ2v) is 7.38. The molecule has 142 valence electrons. The number of carbonyl (C=O) groups excluding carboxylic acids is 2. The lowest BCUT2D eigenvalue weighted by Crippen LogP contribution is -2.41. The Hall–Kier alpha value is -3.11. The molecule has 1 unspecified atom stereocenters. The van der Waals surface area contributed by atoms with Crippen LogP contribution >= 0.6 is 0 Å². The van der Waals surface area contributed by atoms with E-state index in [0.29, 0.717) is 17.2 Å². The highest BCUT2D eigenvalue weighted by molar-refractivity contribution is 7.89. The molecule has 2 aromatic carbocycles. The first kappa shape index (κ1) is 18.7. The fourth-order valence-electron chi connectivity index (χ4n) is 2.35. The number of nitrogens with one attached hydrogen (secondary N) is 3. The predicted octanol–water partition coefficient (Wildman–Crippen LogP) is 0.974. The van der Waals surface area contributed by atoms with E-state index in [0.717, 1.165) is 0 Å². The van der Waals surface area contributed by atoms with Crippen molar-refractivity contribution in [2.75, 3.05) is 13.7 Å². The summed E-state index contributed by atoms with van der Waals surface area (Å²) in [6, 6.07) is 11.2. The first-order valence-corrected chi connectivity index (χ1v) is 9.39. The summed E-state index contributed by atoms with van der Waals surface area (Å²) >= 11 is 0. The SMILES string of the molecule is COc1ccc(Oc2ccc(S(=O)(=O)NCC3NC(=O)NC3=O)cc2)cc1. The lowest BCUT2D eigenvalue weighted by atomic mass is 10.3. The number of hydrogen-bond acceptors (Lipinski definition) is 6. The zero-order chi connectivity index (χ0) is 19.4. The van der Waals surface area contributed by atoms with Crippen LogP contribution in [0.2, 0.25) is 0 Å². The van der Waals surface area contributed by atoms with E-state index in [1.54, 1.807) is 31.4 Å². The minimum atomic E-state index is -3.84. The lowest BCUT2D eigenvalue weighted by molar-refractivity contribution is -0.120. The molecule has 27 heavy (non-hydrogen) atoms. The third kappa shape index (κ3) is 4.54. The summed E-state index contributed by atoms with van der Waals surface area (Å²) in [4.78, 5) is 22.5. The van der Waals surface area contributed by atoms with Crippen LogP contribution in [-0.2, 0) is 14.8 Å². The fraction of sp³-hybridized carbons (Fsp3) is 0.176. The zero-order valence-corrected chi connectivity index (χ0v) is 15.1. The average Bonchev–Trinajstić information content (AvgIpc) is 2.98. The summed E-state index contributed by atoms with van der Waals surface area (Å²) in [6.07, 6.45) is 0. The van der Waals surface area contributed by atoms with Gasteiger partial charge in [0.15, 0.2) is 0 Å². The van der Waals surface area contributed by atoms with E-state index in [4.69, 9.17) is 9.47 Å². The van der Waals surface area contributed by atoms with Gasteiger partial charge in [-0.1, -0.05) is 0 Å². The van der Waals surface area contributed by atoms with E-state index in [1.807, 2.05) is 5.32 Å². The van der Waals surface area contributed by atoms with Gasteiger partial charge in [0.2, 0.25) is 10.0 Å². The molecule has 1 saturated heterocycles. The van der Waals surface area contributed by atoms with Crippen LogP contribution in [-0.4, -0.2) is 40.1 Å². The van der Waals surface area contributed by atoms with Crippen LogP contribution in [0.4, 0.5) is 4.79 Å². The van der Waals surface area contributed by atoms with E-state index >= 15 is 0 Å². The van der Waals surface area contributed by atoms with Crippen molar-refractivity contribution < 1.29 is 27.5 Å². The van der Waals surface area contributed by atoms with Crippen molar-refractivity contribution in [1.82, 2.24) is 15.4 Å². The summed E-state index contributed by atoms with van der Waals surface area (Å²) in [5, 5.41) is 4.35. The molecule has 0 aromatic heterocycles. The third-order valence-corrected chi connectivity index (χ3v) is 5.20. The fourth-order valence-corrected chi connectivity index (χ4v) is 3.39. The molecule has 1 atom stereocenters. The molecule has 0 spiro atoms. The van der Waals surface area contributed by atoms with Gasteiger partial charge in [-0.3, -0.25) is 10.1 Å². The van der Waals surface area contributed by atoms with Gasteiger partial charge in [0.25, 0.3) is 5.91 Å². The number of methoxy groups -OCH3 is 1. The Labute approximate surface area is 155 Å². The van der Waals surface area contributed by atoms with Gasteiger partial charge in [-0.25, -0.2) is 17.9 Å².